The molecule has 0 aliphatic heterocycles. The van der Waals surface area contributed by atoms with Crippen LogP contribution < -0.4 is 10.9 Å². The molecule has 0 saturated heterocycles. The van der Waals surface area contributed by atoms with Gasteiger partial charge in [0.2, 0.25) is 0 Å². The second-order valence-corrected chi connectivity index (χ2v) is 7.95. The molecule has 3 rings (SSSR count). The summed E-state index contributed by atoms with van der Waals surface area (Å²) in [5.74, 6) is -1.05. The fourth-order valence-corrected chi connectivity index (χ4v) is 3.55. The third-order valence-corrected chi connectivity index (χ3v) is 5.61. The summed E-state index contributed by atoms with van der Waals surface area (Å²) in [4.78, 5) is 25.1. The minimum Gasteiger partial charge on any atom is -0.502 e. The minimum absolute atomic E-state index is 0.0378. The van der Waals surface area contributed by atoms with Crippen molar-refractivity contribution in [1.82, 2.24) is 9.88 Å². The number of rotatable bonds is 6. The van der Waals surface area contributed by atoms with E-state index in [0.717, 1.165) is 16.7 Å². The second kappa shape index (κ2) is 9.37. The second-order valence-electron chi connectivity index (χ2n) is 7.13. The summed E-state index contributed by atoms with van der Waals surface area (Å²) < 4.78 is 1.34. The smallest absolute Gasteiger partial charge is 0.293 e. The Hall–Kier alpha value is -2.76. The monoisotopic (exact) mass is 444 g/mol. The highest BCUT2D eigenvalue weighted by atomic mass is 35.5. The number of aryl methyl sites for hydroxylation is 2. The molecule has 0 unspecified atom stereocenters. The average molecular weight is 445 g/mol. The van der Waals surface area contributed by atoms with E-state index in [0.29, 0.717) is 35.1 Å². The largest absolute Gasteiger partial charge is 0.502 e. The Morgan fingerprint density at radius 3 is 2.57 bits per heavy atom. The van der Waals surface area contributed by atoms with Crippen molar-refractivity contribution in [3.63, 3.8) is 0 Å². The highest BCUT2D eigenvalue weighted by Gasteiger charge is 2.18. The molecule has 0 aliphatic rings. The Morgan fingerprint density at radius 2 is 1.87 bits per heavy atom. The number of aromatic hydroxyl groups is 1. The number of aromatic nitrogens is 1. The van der Waals surface area contributed by atoms with Crippen LogP contribution in [-0.4, -0.2) is 22.1 Å². The van der Waals surface area contributed by atoms with Gasteiger partial charge < -0.3 is 15.0 Å². The number of hydrogen-bond donors (Lipinski definition) is 2. The third-order valence-electron chi connectivity index (χ3n) is 4.88. The van der Waals surface area contributed by atoms with Gasteiger partial charge in [-0.1, -0.05) is 53.0 Å². The molecule has 0 saturated carbocycles. The molecule has 0 radical (unpaired) electrons. The molecule has 0 fully saturated rings. The Bertz CT molecular complexity index is 1160. The lowest BCUT2D eigenvalue weighted by Crippen LogP contribution is -2.28. The zero-order chi connectivity index (χ0) is 21.8. The van der Waals surface area contributed by atoms with Gasteiger partial charge in [-0.15, -0.1) is 0 Å². The zero-order valence-corrected chi connectivity index (χ0v) is 18.2. The van der Waals surface area contributed by atoms with Crippen molar-refractivity contribution in [1.29, 1.82) is 0 Å². The number of nitrogens with zero attached hydrogens (tertiary/aromatic N) is 1. The van der Waals surface area contributed by atoms with E-state index in [9.17, 15) is 14.7 Å². The number of amides is 1. The summed E-state index contributed by atoms with van der Waals surface area (Å²) in [7, 11) is 1.57. The number of carbonyl (C=O) groups excluding carboxylic acids is 1. The van der Waals surface area contributed by atoms with Crippen molar-refractivity contribution in [3.8, 4) is 17.0 Å². The van der Waals surface area contributed by atoms with Crippen LogP contribution in [0, 0.1) is 6.92 Å². The molecular formula is C23H22Cl2N2O3. The highest BCUT2D eigenvalue weighted by molar-refractivity contribution is 6.42. The number of pyridine rings is 1. The van der Waals surface area contributed by atoms with Gasteiger partial charge in [-0.25, -0.2) is 0 Å². The molecular weight excluding hydrogens is 423 g/mol. The molecule has 30 heavy (non-hydrogen) atoms. The standard InChI is InChI=1S/C23H22Cl2N2O3/c1-14-5-3-7-16(11-14)20-13-17(21(28)23(30)27(20)2)22(29)26-10-4-6-15-8-9-18(24)19(25)12-15/h3,5,7-9,11-13,28H,4,6,10H2,1-2H3,(H,26,29). The first-order chi connectivity index (χ1) is 14.3. The van der Waals surface area contributed by atoms with Crippen molar-refractivity contribution in [2.75, 3.05) is 6.54 Å². The van der Waals surface area contributed by atoms with Gasteiger partial charge in [-0.2, -0.15) is 0 Å². The SMILES string of the molecule is Cc1cccc(-c2cc(C(=O)NCCCc3ccc(Cl)c(Cl)c3)c(O)c(=O)n2C)c1. The highest BCUT2D eigenvalue weighted by Crippen LogP contribution is 2.24. The molecule has 0 atom stereocenters. The summed E-state index contributed by atoms with van der Waals surface area (Å²) in [6.45, 7) is 2.33. The molecule has 1 amide bonds. The van der Waals surface area contributed by atoms with Gasteiger partial charge in [0.1, 0.15) is 0 Å². The predicted molar refractivity (Wildman–Crippen MR) is 121 cm³/mol. The molecule has 0 bridgehead atoms. The van der Waals surface area contributed by atoms with E-state index >= 15 is 0 Å². The lowest BCUT2D eigenvalue weighted by molar-refractivity contribution is 0.0950. The van der Waals surface area contributed by atoms with Gasteiger partial charge in [0.15, 0.2) is 5.75 Å². The Labute approximate surface area is 184 Å². The third kappa shape index (κ3) is 4.86. The van der Waals surface area contributed by atoms with E-state index in [2.05, 4.69) is 5.32 Å². The molecule has 7 heteroatoms. The Kier molecular flexibility index (Phi) is 6.85. The number of nitrogens with one attached hydrogen (secondary N) is 1. The summed E-state index contributed by atoms with van der Waals surface area (Å²) in [5.41, 5.74) is 2.74. The first kappa shape index (κ1) is 21.9. The topological polar surface area (TPSA) is 71.3 Å². The molecule has 0 spiro atoms. The maximum absolute atomic E-state index is 12.6. The average Bonchev–Trinajstić information content (AvgIpc) is 2.72. The van der Waals surface area contributed by atoms with Crippen LogP contribution in [0.4, 0.5) is 0 Å². The van der Waals surface area contributed by atoms with E-state index in [-0.39, 0.29) is 5.56 Å². The molecule has 0 aliphatic carbocycles. The fraction of sp³-hybridized carbons (Fsp3) is 0.217. The summed E-state index contributed by atoms with van der Waals surface area (Å²) in [6, 6.07) is 14.6. The van der Waals surface area contributed by atoms with Crippen LogP contribution in [0.3, 0.4) is 0 Å². The quantitative estimate of drug-likeness (QED) is 0.539. The van der Waals surface area contributed by atoms with Crippen LogP contribution in [0.15, 0.2) is 53.3 Å². The van der Waals surface area contributed by atoms with Crippen molar-refractivity contribution in [2.45, 2.75) is 19.8 Å². The Balaban J connectivity index is 1.73. The van der Waals surface area contributed by atoms with E-state index in [1.165, 1.54) is 4.57 Å². The van der Waals surface area contributed by atoms with Crippen LogP contribution in [0.5, 0.6) is 5.75 Å². The van der Waals surface area contributed by atoms with Gasteiger partial charge in [-0.05, 0) is 55.2 Å². The lowest BCUT2D eigenvalue weighted by Gasteiger charge is -2.13. The first-order valence-corrected chi connectivity index (χ1v) is 10.3. The summed E-state index contributed by atoms with van der Waals surface area (Å²) >= 11 is 11.9. The minimum atomic E-state index is -0.616. The van der Waals surface area contributed by atoms with Gasteiger partial charge >= 0.3 is 0 Å². The molecule has 5 nitrogen and oxygen atoms in total. The molecule has 3 aromatic rings. The van der Waals surface area contributed by atoms with E-state index in [4.69, 9.17) is 23.2 Å². The molecule has 156 valence electrons. The lowest BCUT2D eigenvalue weighted by atomic mass is 10.1. The predicted octanol–water partition coefficient (Wildman–Crippen LogP) is 4.74. The van der Waals surface area contributed by atoms with Crippen LogP contribution in [0.2, 0.25) is 10.0 Å². The van der Waals surface area contributed by atoms with Gasteiger partial charge in [0.05, 0.1) is 21.3 Å². The van der Waals surface area contributed by atoms with Crippen LogP contribution in [0.1, 0.15) is 27.9 Å². The number of benzene rings is 2. The van der Waals surface area contributed by atoms with E-state index < -0.39 is 17.2 Å². The first-order valence-electron chi connectivity index (χ1n) is 9.50. The zero-order valence-electron chi connectivity index (χ0n) is 16.7. The van der Waals surface area contributed by atoms with Gasteiger partial charge in [0.25, 0.3) is 11.5 Å². The normalized spacial score (nSPS) is 10.8. The van der Waals surface area contributed by atoms with Crippen LogP contribution in [-0.2, 0) is 13.5 Å². The van der Waals surface area contributed by atoms with Crippen molar-refractivity contribution >= 4 is 29.1 Å². The number of halogens is 2. The van der Waals surface area contributed by atoms with Gasteiger partial charge in [0, 0.05) is 13.6 Å². The van der Waals surface area contributed by atoms with Crippen molar-refractivity contribution in [2.24, 2.45) is 7.05 Å². The van der Waals surface area contributed by atoms with Crippen LogP contribution in [0.25, 0.3) is 11.3 Å². The van der Waals surface area contributed by atoms with Crippen molar-refractivity contribution in [3.05, 3.63) is 85.6 Å². The maximum atomic E-state index is 12.6. The fourth-order valence-electron chi connectivity index (χ4n) is 3.22. The number of hydrogen-bond acceptors (Lipinski definition) is 3. The van der Waals surface area contributed by atoms with E-state index in [1.807, 2.05) is 37.3 Å². The maximum Gasteiger partial charge on any atom is 0.293 e. The van der Waals surface area contributed by atoms with Crippen LogP contribution >= 0.6 is 23.2 Å². The van der Waals surface area contributed by atoms with Crippen molar-refractivity contribution < 1.29 is 9.90 Å². The number of carbonyl (C=O) groups is 1. The molecule has 1 heterocycles. The van der Waals surface area contributed by atoms with Gasteiger partial charge in [-0.3, -0.25) is 9.59 Å². The summed E-state index contributed by atoms with van der Waals surface area (Å²) in [5, 5.41) is 14.0. The summed E-state index contributed by atoms with van der Waals surface area (Å²) in [6.07, 6.45) is 1.37. The Morgan fingerprint density at radius 1 is 1.10 bits per heavy atom. The molecule has 1 aromatic heterocycles. The van der Waals surface area contributed by atoms with E-state index in [1.54, 1.807) is 25.2 Å². The molecule has 2 aromatic carbocycles. The molecule has 2 N–H and O–H groups in total.